The van der Waals surface area contributed by atoms with Gasteiger partial charge in [-0.15, -0.1) is 5.10 Å². The maximum absolute atomic E-state index is 12.7. The van der Waals surface area contributed by atoms with Crippen LogP contribution in [0.15, 0.2) is 66.1 Å². The lowest BCUT2D eigenvalue weighted by atomic mass is 9.99. The standard InChI is InChI=1S/C20H19N5OS/c1-13(16-10-5-8-15-7-3-4-9-17(15)16)22-18(26)14(2)27-20-23-19-21-11-6-12-25(19)24-20/h3-14H,1-2H3,(H,22,26)/t13-,14+/m1/s1. The molecule has 0 unspecified atom stereocenters. The number of carbonyl (C=O) groups is 1. The lowest BCUT2D eigenvalue weighted by molar-refractivity contribution is -0.120. The van der Waals surface area contributed by atoms with E-state index in [1.807, 2.05) is 32.0 Å². The van der Waals surface area contributed by atoms with Crippen LogP contribution in [0.3, 0.4) is 0 Å². The molecule has 0 bridgehead atoms. The molecule has 0 radical (unpaired) electrons. The summed E-state index contributed by atoms with van der Waals surface area (Å²) in [5, 5.41) is 9.98. The number of fused-ring (bicyclic) bond motifs is 2. The molecule has 2 aromatic heterocycles. The van der Waals surface area contributed by atoms with Crippen LogP contribution in [0, 0.1) is 0 Å². The highest BCUT2D eigenvalue weighted by molar-refractivity contribution is 8.00. The van der Waals surface area contributed by atoms with Gasteiger partial charge in [0.1, 0.15) is 0 Å². The van der Waals surface area contributed by atoms with Crippen LogP contribution in [-0.4, -0.2) is 30.7 Å². The fourth-order valence-corrected chi connectivity index (χ4v) is 3.77. The lowest BCUT2D eigenvalue weighted by Crippen LogP contribution is -2.33. The SMILES string of the molecule is C[C@H](Sc1nc2ncccn2n1)C(=O)N[C@H](C)c1cccc2ccccc12. The Morgan fingerprint density at radius 2 is 1.93 bits per heavy atom. The molecule has 4 aromatic rings. The first kappa shape index (κ1) is 17.5. The molecule has 7 heteroatoms. The van der Waals surface area contributed by atoms with Gasteiger partial charge in [0.05, 0.1) is 11.3 Å². The van der Waals surface area contributed by atoms with Crippen molar-refractivity contribution >= 4 is 34.2 Å². The first-order valence-corrected chi connectivity index (χ1v) is 9.62. The van der Waals surface area contributed by atoms with Gasteiger partial charge >= 0.3 is 0 Å². The molecule has 2 aromatic carbocycles. The molecule has 1 amide bonds. The Morgan fingerprint density at radius 1 is 1.11 bits per heavy atom. The molecule has 0 fully saturated rings. The van der Waals surface area contributed by atoms with Gasteiger partial charge in [-0.3, -0.25) is 4.79 Å². The molecule has 0 spiro atoms. The molecular weight excluding hydrogens is 358 g/mol. The van der Waals surface area contributed by atoms with Crippen LogP contribution in [0.1, 0.15) is 25.5 Å². The number of carbonyl (C=O) groups excluding carboxylic acids is 1. The van der Waals surface area contributed by atoms with Crippen LogP contribution in [0.4, 0.5) is 0 Å². The fourth-order valence-electron chi connectivity index (χ4n) is 3.01. The highest BCUT2D eigenvalue weighted by Crippen LogP contribution is 2.25. The van der Waals surface area contributed by atoms with Crippen LogP contribution < -0.4 is 5.32 Å². The number of amides is 1. The Hall–Kier alpha value is -2.93. The summed E-state index contributed by atoms with van der Waals surface area (Å²) in [5.74, 6) is 0.476. The summed E-state index contributed by atoms with van der Waals surface area (Å²) in [5.41, 5.74) is 1.11. The maximum Gasteiger partial charge on any atom is 0.253 e. The van der Waals surface area contributed by atoms with E-state index in [1.54, 1.807) is 23.0 Å². The van der Waals surface area contributed by atoms with Crippen molar-refractivity contribution in [2.24, 2.45) is 0 Å². The van der Waals surface area contributed by atoms with E-state index >= 15 is 0 Å². The second-order valence-corrected chi connectivity index (χ2v) is 7.63. The molecule has 0 saturated heterocycles. The van der Waals surface area contributed by atoms with Crippen LogP contribution in [0.25, 0.3) is 16.6 Å². The Labute approximate surface area is 161 Å². The minimum Gasteiger partial charge on any atom is -0.349 e. The summed E-state index contributed by atoms with van der Waals surface area (Å²) < 4.78 is 1.60. The van der Waals surface area contributed by atoms with Gasteiger partial charge < -0.3 is 5.32 Å². The van der Waals surface area contributed by atoms with E-state index in [0.717, 1.165) is 10.9 Å². The van der Waals surface area contributed by atoms with Crippen LogP contribution in [-0.2, 0) is 4.79 Å². The van der Waals surface area contributed by atoms with E-state index in [4.69, 9.17) is 0 Å². The summed E-state index contributed by atoms with van der Waals surface area (Å²) in [4.78, 5) is 21.2. The number of hydrogen-bond acceptors (Lipinski definition) is 5. The van der Waals surface area contributed by atoms with Gasteiger partial charge in [0.2, 0.25) is 11.1 Å². The van der Waals surface area contributed by atoms with Crippen molar-refractivity contribution in [2.75, 3.05) is 0 Å². The summed E-state index contributed by atoms with van der Waals surface area (Å²) >= 11 is 1.32. The highest BCUT2D eigenvalue weighted by atomic mass is 32.2. The molecule has 136 valence electrons. The second-order valence-electron chi connectivity index (χ2n) is 6.32. The van der Waals surface area contributed by atoms with Gasteiger partial charge in [-0.25, -0.2) is 9.50 Å². The normalized spacial score (nSPS) is 13.6. The molecule has 4 rings (SSSR count). The lowest BCUT2D eigenvalue weighted by Gasteiger charge is -2.18. The molecule has 0 saturated carbocycles. The van der Waals surface area contributed by atoms with Crippen molar-refractivity contribution in [2.45, 2.75) is 30.3 Å². The first-order valence-electron chi connectivity index (χ1n) is 8.74. The number of thioether (sulfide) groups is 1. The molecule has 2 heterocycles. The highest BCUT2D eigenvalue weighted by Gasteiger charge is 2.20. The van der Waals surface area contributed by atoms with Crippen LogP contribution in [0.2, 0.25) is 0 Å². The van der Waals surface area contributed by atoms with Crippen molar-refractivity contribution in [1.29, 1.82) is 0 Å². The molecule has 0 aliphatic rings. The second kappa shape index (κ2) is 7.36. The minimum atomic E-state index is -0.320. The summed E-state index contributed by atoms with van der Waals surface area (Å²) in [6, 6.07) is 16.0. The number of rotatable bonds is 5. The molecule has 27 heavy (non-hydrogen) atoms. The van der Waals surface area contributed by atoms with E-state index in [9.17, 15) is 4.79 Å². The summed E-state index contributed by atoms with van der Waals surface area (Å²) in [7, 11) is 0. The van der Waals surface area contributed by atoms with E-state index in [-0.39, 0.29) is 17.2 Å². The smallest absolute Gasteiger partial charge is 0.253 e. The number of benzene rings is 2. The zero-order valence-corrected chi connectivity index (χ0v) is 15.9. The quantitative estimate of drug-likeness (QED) is 0.538. The van der Waals surface area contributed by atoms with E-state index in [0.29, 0.717) is 10.9 Å². The third-order valence-corrected chi connectivity index (χ3v) is 5.35. The van der Waals surface area contributed by atoms with Crippen LogP contribution in [0.5, 0.6) is 0 Å². The zero-order valence-electron chi connectivity index (χ0n) is 15.0. The predicted molar refractivity (Wildman–Crippen MR) is 107 cm³/mol. The summed E-state index contributed by atoms with van der Waals surface area (Å²) in [6.45, 7) is 3.86. The maximum atomic E-state index is 12.7. The third-order valence-electron chi connectivity index (χ3n) is 4.40. The molecule has 6 nitrogen and oxygen atoms in total. The van der Waals surface area contributed by atoms with Gasteiger partial charge in [-0.05, 0) is 36.2 Å². The van der Waals surface area contributed by atoms with Gasteiger partial charge in [-0.2, -0.15) is 4.98 Å². The third kappa shape index (κ3) is 3.64. The molecule has 1 N–H and O–H groups in total. The number of aromatic nitrogens is 4. The van der Waals surface area contributed by atoms with E-state index in [1.165, 1.54) is 17.1 Å². The first-order chi connectivity index (χ1) is 13.1. The average Bonchev–Trinajstić information content (AvgIpc) is 3.09. The Balaban J connectivity index is 1.47. The topological polar surface area (TPSA) is 72.2 Å². The van der Waals surface area contributed by atoms with Crippen molar-refractivity contribution < 1.29 is 4.79 Å². The molecule has 0 aliphatic heterocycles. The molecular formula is C20H19N5OS. The van der Waals surface area contributed by atoms with Crippen molar-refractivity contribution in [3.8, 4) is 0 Å². The minimum absolute atomic E-state index is 0.0488. The Bertz CT molecular complexity index is 1070. The van der Waals surface area contributed by atoms with Gasteiger partial charge in [0.25, 0.3) is 5.78 Å². The fraction of sp³-hybridized carbons (Fsp3) is 0.200. The summed E-state index contributed by atoms with van der Waals surface area (Å²) in [6.07, 6.45) is 3.45. The predicted octanol–water partition coefficient (Wildman–Crippen LogP) is 3.64. The average molecular weight is 377 g/mol. The Morgan fingerprint density at radius 3 is 2.78 bits per heavy atom. The largest absolute Gasteiger partial charge is 0.349 e. The van der Waals surface area contributed by atoms with Crippen molar-refractivity contribution in [3.05, 3.63) is 66.5 Å². The monoisotopic (exact) mass is 377 g/mol. The van der Waals surface area contributed by atoms with Gasteiger partial charge in [0.15, 0.2) is 0 Å². The van der Waals surface area contributed by atoms with Gasteiger partial charge in [-0.1, -0.05) is 54.2 Å². The Kier molecular flexibility index (Phi) is 4.77. The van der Waals surface area contributed by atoms with E-state index < -0.39 is 0 Å². The van der Waals surface area contributed by atoms with Crippen LogP contribution >= 0.6 is 11.8 Å². The van der Waals surface area contributed by atoms with Crippen molar-refractivity contribution in [3.63, 3.8) is 0 Å². The molecule has 0 aliphatic carbocycles. The molecule has 2 atom stereocenters. The zero-order chi connectivity index (χ0) is 18.8. The number of nitrogens with one attached hydrogen (secondary N) is 1. The van der Waals surface area contributed by atoms with E-state index in [2.05, 4.69) is 44.6 Å². The number of hydrogen-bond donors (Lipinski definition) is 1. The van der Waals surface area contributed by atoms with Gasteiger partial charge in [0, 0.05) is 12.4 Å². The number of nitrogens with zero attached hydrogens (tertiary/aromatic N) is 4. The van der Waals surface area contributed by atoms with Crippen molar-refractivity contribution in [1.82, 2.24) is 24.9 Å².